The lowest BCUT2D eigenvalue weighted by molar-refractivity contribution is -0.121. The highest BCUT2D eigenvalue weighted by molar-refractivity contribution is 6.36. The molecule has 0 radical (unpaired) electrons. The normalized spacial score (nSPS) is 11.1. The first-order valence-corrected chi connectivity index (χ1v) is 9.93. The molecule has 1 N–H and O–H groups in total. The van der Waals surface area contributed by atoms with Gasteiger partial charge in [-0.1, -0.05) is 29.3 Å². The van der Waals surface area contributed by atoms with Gasteiger partial charge in [0.15, 0.2) is 11.7 Å². The fourth-order valence-corrected chi connectivity index (χ4v) is 3.49. The predicted molar refractivity (Wildman–Crippen MR) is 112 cm³/mol. The topological polar surface area (TPSA) is 72.4 Å². The Labute approximate surface area is 177 Å². The van der Waals surface area contributed by atoms with Crippen LogP contribution in [-0.4, -0.2) is 26.8 Å². The molecule has 0 spiro atoms. The van der Waals surface area contributed by atoms with E-state index in [4.69, 9.17) is 27.6 Å². The third kappa shape index (κ3) is 4.78. The van der Waals surface area contributed by atoms with E-state index in [1.807, 2.05) is 35.0 Å². The Morgan fingerprint density at radius 1 is 1.17 bits per heavy atom. The quantitative estimate of drug-likeness (QED) is 0.467. The van der Waals surface area contributed by atoms with Crippen LogP contribution in [-0.2, 0) is 17.6 Å². The van der Waals surface area contributed by atoms with Crippen molar-refractivity contribution in [2.24, 2.45) is 0 Å². The smallest absolute Gasteiger partial charge is 0.220 e. The molecule has 0 bridgehead atoms. The molecule has 0 fully saturated rings. The molecular weight excluding hydrogens is 411 g/mol. The van der Waals surface area contributed by atoms with Crippen LogP contribution >= 0.6 is 23.2 Å². The zero-order valence-electron chi connectivity index (χ0n) is 15.4. The van der Waals surface area contributed by atoms with Crippen molar-refractivity contribution in [2.75, 3.05) is 6.54 Å². The van der Waals surface area contributed by atoms with Crippen molar-refractivity contribution < 1.29 is 9.21 Å². The van der Waals surface area contributed by atoms with E-state index >= 15 is 0 Å². The maximum absolute atomic E-state index is 12.1. The number of hydrogen-bond donors (Lipinski definition) is 1. The molecule has 0 atom stereocenters. The number of pyridine rings is 1. The van der Waals surface area contributed by atoms with Gasteiger partial charge in [-0.2, -0.15) is 0 Å². The zero-order valence-corrected chi connectivity index (χ0v) is 17.0. The number of aromatic nitrogens is 3. The number of amides is 1. The summed E-state index contributed by atoms with van der Waals surface area (Å²) in [7, 11) is 0. The van der Waals surface area contributed by atoms with Gasteiger partial charge in [-0.15, -0.1) is 0 Å². The van der Waals surface area contributed by atoms with Crippen LogP contribution in [0.4, 0.5) is 0 Å². The van der Waals surface area contributed by atoms with Crippen molar-refractivity contribution in [2.45, 2.75) is 19.3 Å². The van der Waals surface area contributed by atoms with E-state index in [1.165, 1.54) is 0 Å². The van der Waals surface area contributed by atoms with E-state index in [0.717, 1.165) is 11.3 Å². The summed E-state index contributed by atoms with van der Waals surface area (Å²) in [6, 6.07) is 11.0. The first-order valence-electron chi connectivity index (χ1n) is 9.18. The van der Waals surface area contributed by atoms with E-state index < -0.39 is 0 Å². The summed E-state index contributed by atoms with van der Waals surface area (Å²) in [5, 5.41) is 3.95. The SMILES string of the molecule is O=C(CCc1ncc(-c2ccc(Cl)cc2Cl)o1)NCCc1cn2ccccc2n1. The molecule has 0 saturated heterocycles. The number of carbonyl (C=O) groups excluding carboxylic acids is 1. The predicted octanol–water partition coefficient (Wildman–Crippen LogP) is 4.59. The monoisotopic (exact) mass is 428 g/mol. The highest BCUT2D eigenvalue weighted by atomic mass is 35.5. The van der Waals surface area contributed by atoms with E-state index in [0.29, 0.717) is 53.1 Å². The molecule has 29 heavy (non-hydrogen) atoms. The van der Waals surface area contributed by atoms with Crippen molar-refractivity contribution in [1.29, 1.82) is 0 Å². The van der Waals surface area contributed by atoms with Crippen LogP contribution in [0.1, 0.15) is 18.0 Å². The first-order chi connectivity index (χ1) is 14.1. The fourth-order valence-electron chi connectivity index (χ4n) is 2.99. The molecule has 1 amide bonds. The summed E-state index contributed by atoms with van der Waals surface area (Å²) >= 11 is 12.1. The average molecular weight is 429 g/mol. The fraction of sp³-hybridized carbons (Fsp3) is 0.190. The zero-order chi connectivity index (χ0) is 20.2. The van der Waals surface area contributed by atoms with Gasteiger partial charge in [0.1, 0.15) is 5.65 Å². The Balaban J connectivity index is 1.26. The molecule has 4 aromatic rings. The minimum absolute atomic E-state index is 0.0574. The van der Waals surface area contributed by atoms with Crippen molar-refractivity contribution in [3.8, 4) is 11.3 Å². The summed E-state index contributed by atoms with van der Waals surface area (Å²) < 4.78 is 7.68. The van der Waals surface area contributed by atoms with Gasteiger partial charge in [-0.3, -0.25) is 4.79 Å². The minimum atomic E-state index is -0.0574. The van der Waals surface area contributed by atoms with E-state index in [9.17, 15) is 4.79 Å². The van der Waals surface area contributed by atoms with Gasteiger partial charge in [0.2, 0.25) is 5.91 Å². The van der Waals surface area contributed by atoms with Crippen LogP contribution in [0.3, 0.4) is 0 Å². The van der Waals surface area contributed by atoms with Crippen LogP contribution in [0.5, 0.6) is 0 Å². The number of imidazole rings is 1. The van der Waals surface area contributed by atoms with Gasteiger partial charge in [-0.25, -0.2) is 9.97 Å². The van der Waals surface area contributed by atoms with Crippen molar-refractivity contribution in [3.05, 3.63) is 76.6 Å². The number of hydrogen-bond acceptors (Lipinski definition) is 4. The largest absolute Gasteiger partial charge is 0.441 e. The number of rotatable bonds is 7. The summed E-state index contributed by atoms with van der Waals surface area (Å²) in [5.74, 6) is 0.980. The van der Waals surface area contributed by atoms with E-state index in [1.54, 1.807) is 24.4 Å². The summed E-state index contributed by atoms with van der Waals surface area (Å²) in [4.78, 5) is 20.8. The third-order valence-corrected chi connectivity index (χ3v) is 4.98. The summed E-state index contributed by atoms with van der Waals surface area (Å²) in [6.45, 7) is 0.528. The maximum atomic E-state index is 12.1. The molecule has 0 aliphatic carbocycles. The second kappa shape index (κ2) is 8.68. The molecule has 0 unspecified atom stereocenters. The Kier molecular flexibility index (Phi) is 5.83. The Morgan fingerprint density at radius 3 is 2.90 bits per heavy atom. The lowest BCUT2D eigenvalue weighted by Crippen LogP contribution is -2.26. The highest BCUT2D eigenvalue weighted by Crippen LogP contribution is 2.30. The maximum Gasteiger partial charge on any atom is 0.220 e. The number of nitrogens with one attached hydrogen (secondary N) is 1. The third-order valence-electron chi connectivity index (χ3n) is 4.43. The van der Waals surface area contributed by atoms with Gasteiger partial charge in [0.05, 0.1) is 16.9 Å². The number of fused-ring (bicyclic) bond motifs is 1. The lowest BCUT2D eigenvalue weighted by Gasteiger charge is -2.03. The first kappa shape index (κ1) is 19.5. The van der Waals surface area contributed by atoms with Gasteiger partial charge in [0, 0.05) is 48.8 Å². The van der Waals surface area contributed by atoms with Gasteiger partial charge >= 0.3 is 0 Å². The lowest BCUT2D eigenvalue weighted by atomic mass is 10.2. The van der Waals surface area contributed by atoms with Crippen LogP contribution in [0.25, 0.3) is 17.0 Å². The summed E-state index contributed by atoms with van der Waals surface area (Å²) in [5.41, 5.74) is 2.55. The van der Waals surface area contributed by atoms with Crippen LogP contribution in [0.2, 0.25) is 10.0 Å². The van der Waals surface area contributed by atoms with Crippen molar-refractivity contribution in [1.82, 2.24) is 19.7 Å². The molecular formula is C21H18Cl2N4O2. The molecule has 6 nitrogen and oxygen atoms in total. The Morgan fingerprint density at radius 2 is 2.07 bits per heavy atom. The number of aryl methyl sites for hydroxylation is 1. The second-order valence-corrected chi connectivity index (χ2v) is 7.38. The van der Waals surface area contributed by atoms with Crippen molar-refractivity contribution in [3.63, 3.8) is 0 Å². The molecule has 8 heteroatoms. The number of benzene rings is 1. The number of oxazole rings is 1. The molecule has 0 aliphatic heterocycles. The minimum Gasteiger partial charge on any atom is -0.441 e. The summed E-state index contributed by atoms with van der Waals surface area (Å²) in [6.07, 6.45) is 6.90. The van der Waals surface area contributed by atoms with Crippen LogP contribution in [0, 0.1) is 0 Å². The molecule has 4 rings (SSSR count). The van der Waals surface area contributed by atoms with Gasteiger partial charge < -0.3 is 14.1 Å². The van der Waals surface area contributed by atoms with E-state index in [-0.39, 0.29) is 5.91 Å². The molecule has 148 valence electrons. The highest BCUT2D eigenvalue weighted by Gasteiger charge is 2.12. The second-order valence-electron chi connectivity index (χ2n) is 6.54. The molecule has 0 saturated carbocycles. The Bertz CT molecular complexity index is 1120. The van der Waals surface area contributed by atoms with E-state index in [2.05, 4.69) is 15.3 Å². The number of halogens is 2. The molecule has 0 aliphatic rings. The van der Waals surface area contributed by atoms with Crippen molar-refractivity contribution >= 4 is 34.8 Å². The number of nitrogens with zero attached hydrogens (tertiary/aromatic N) is 3. The van der Waals surface area contributed by atoms with Gasteiger partial charge in [0.25, 0.3) is 0 Å². The molecule has 3 heterocycles. The molecule has 3 aromatic heterocycles. The Hall–Kier alpha value is -2.83. The van der Waals surface area contributed by atoms with Gasteiger partial charge in [-0.05, 0) is 30.3 Å². The van der Waals surface area contributed by atoms with Crippen LogP contribution in [0.15, 0.2) is 59.4 Å². The standard InChI is InChI=1S/C21H18Cl2N4O2/c22-14-4-5-16(17(23)11-14)18-12-25-21(29-18)7-6-20(28)24-9-8-15-13-27-10-2-1-3-19(27)26-15/h1-5,10-13H,6-9H2,(H,24,28). The average Bonchev–Trinajstić information content (AvgIpc) is 3.33. The van der Waals surface area contributed by atoms with Crippen LogP contribution < -0.4 is 5.32 Å². The molecule has 1 aromatic carbocycles. The number of carbonyl (C=O) groups is 1.